The third kappa shape index (κ3) is 2.72. The third-order valence-corrected chi connectivity index (χ3v) is 4.10. The van der Waals surface area contributed by atoms with Gasteiger partial charge in [-0.25, -0.2) is 0 Å². The summed E-state index contributed by atoms with van der Waals surface area (Å²) < 4.78 is 2.10. The van der Waals surface area contributed by atoms with Crippen LogP contribution in [0.1, 0.15) is 43.0 Å². The summed E-state index contributed by atoms with van der Waals surface area (Å²) in [6, 6.07) is 8.78. The predicted molar refractivity (Wildman–Crippen MR) is 82.9 cm³/mol. The molecule has 1 aromatic carbocycles. The second-order valence-corrected chi connectivity index (χ2v) is 5.55. The molecule has 20 heavy (non-hydrogen) atoms. The summed E-state index contributed by atoms with van der Waals surface area (Å²) in [7, 11) is 0. The molecule has 3 rings (SSSR count). The third-order valence-electron chi connectivity index (χ3n) is 4.10. The van der Waals surface area contributed by atoms with Gasteiger partial charge in [-0.2, -0.15) is 5.10 Å². The summed E-state index contributed by atoms with van der Waals surface area (Å²) >= 11 is 0. The maximum absolute atomic E-state index is 4.38. The molecule has 1 aliphatic carbocycles. The fourth-order valence-electron chi connectivity index (χ4n) is 3.06. The molecule has 1 aliphatic rings. The zero-order valence-corrected chi connectivity index (χ0v) is 12.2. The standard InChI is InChI=1S/C17H23N3/c1-2-12-20-15(10-11-19-20)13-18-17-9-5-7-14-6-3-4-8-16(14)17/h5,7,9-11,18H,2-4,6,8,12-13H2,1H3. The molecule has 0 fully saturated rings. The van der Waals surface area contributed by atoms with E-state index in [0.29, 0.717) is 0 Å². The molecule has 0 spiro atoms. The van der Waals surface area contributed by atoms with Gasteiger partial charge in [-0.05, 0) is 55.4 Å². The Morgan fingerprint density at radius 1 is 1.20 bits per heavy atom. The van der Waals surface area contributed by atoms with Crippen molar-refractivity contribution in [1.82, 2.24) is 9.78 Å². The first-order valence-electron chi connectivity index (χ1n) is 7.74. The van der Waals surface area contributed by atoms with Crippen molar-refractivity contribution >= 4 is 5.69 Å². The Kier molecular flexibility index (Phi) is 4.05. The average Bonchev–Trinajstić information content (AvgIpc) is 2.93. The van der Waals surface area contributed by atoms with Gasteiger partial charge in [-0.1, -0.05) is 19.1 Å². The SMILES string of the molecule is CCCn1nccc1CNc1cccc2c1CCCC2. The molecule has 1 aromatic heterocycles. The number of benzene rings is 1. The highest BCUT2D eigenvalue weighted by molar-refractivity contribution is 5.55. The smallest absolute Gasteiger partial charge is 0.0575 e. The van der Waals surface area contributed by atoms with Crippen LogP contribution in [0.15, 0.2) is 30.5 Å². The Morgan fingerprint density at radius 2 is 2.10 bits per heavy atom. The minimum atomic E-state index is 0.858. The molecule has 106 valence electrons. The van der Waals surface area contributed by atoms with Crippen molar-refractivity contribution in [3.05, 3.63) is 47.3 Å². The molecule has 0 atom stereocenters. The number of nitrogens with zero attached hydrogens (tertiary/aromatic N) is 2. The van der Waals surface area contributed by atoms with Crippen molar-refractivity contribution in [1.29, 1.82) is 0 Å². The largest absolute Gasteiger partial charge is 0.379 e. The number of rotatable bonds is 5. The Hall–Kier alpha value is -1.77. The first kappa shape index (κ1) is 13.2. The number of anilines is 1. The molecular weight excluding hydrogens is 246 g/mol. The maximum atomic E-state index is 4.38. The first-order valence-corrected chi connectivity index (χ1v) is 7.74. The summed E-state index contributed by atoms with van der Waals surface area (Å²) in [5, 5.41) is 8.00. The number of aryl methyl sites for hydroxylation is 2. The van der Waals surface area contributed by atoms with Gasteiger partial charge in [-0.15, -0.1) is 0 Å². The number of hydrogen-bond acceptors (Lipinski definition) is 2. The lowest BCUT2D eigenvalue weighted by Gasteiger charge is -2.20. The Labute approximate surface area is 121 Å². The molecule has 0 unspecified atom stereocenters. The van der Waals surface area contributed by atoms with Crippen LogP contribution in [0.25, 0.3) is 0 Å². The Morgan fingerprint density at radius 3 is 3.00 bits per heavy atom. The molecule has 0 saturated heterocycles. The summed E-state index contributed by atoms with van der Waals surface area (Å²) in [4.78, 5) is 0. The van der Waals surface area contributed by atoms with Crippen LogP contribution in [0.4, 0.5) is 5.69 Å². The minimum Gasteiger partial charge on any atom is -0.379 e. The monoisotopic (exact) mass is 269 g/mol. The van der Waals surface area contributed by atoms with Crippen molar-refractivity contribution < 1.29 is 0 Å². The van der Waals surface area contributed by atoms with E-state index in [1.54, 1.807) is 0 Å². The molecule has 3 heteroatoms. The number of hydrogen-bond donors (Lipinski definition) is 1. The molecular formula is C17H23N3. The van der Waals surface area contributed by atoms with Gasteiger partial charge in [0, 0.05) is 18.4 Å². The fraction of sp³-hybridized carbons (Fsp3) is 0.471. The Bertz CT molecular complexity index is 571. The Balaban J connectivity index is 1.73. The first-order chi connectivity index (χ1) is 9.88. The fourth-order valence-corrected chi connectivity index (χ4v) is 3.06. The van der Waals surface area contributed by atoms with E-state index in [1.807, 2.05) is 6.20 Å². The molecule has 2 aromatic rings. The van der Waals surface area contributed by atoms with Gasteiger partial charge in [0.1, 0.15) is 0 Å². The molecule has 0 amide bonds. The normalized spacial score (nSPS) is 14.1. The van der Waals surface area contributed by atoms with Crippen molar-refractivity contribution in [2.45, 2.75) is 52.1 Å². The lowest BCUT2D eigenvalue weighted by atomic mass is 9.90. The van der Waals surface area contributed by atoms with Gasteiger partial charge in [0.05, 0.1) is 12.2 Å². The van der Waals surface area contributed by atoms with Crippen LogP contribution in [0.5, 0.6) is 0 Å². The topological polar surface area (TPSA) is 29.9 Å². The molecule has 0 bridgehead atoms. The van der Waals surface area contributed by atoms with Crippen molar-refractivity contribution in [3.63, 3.8) is 0 Å². The molecule has 0 radical (unpaired) electrons. The zero-order chi connectivity index (χ0) is 13.8. The summed E-state index contributed by atoms with van der Waals surface area (Å²) in [5.41, 5.74) is 5.63. The predicted octanol–water partition coefficient (Wildman–Crippen LogP) is 3.78. The molecule has 3 nitrogen and oxygen atoms in total. The van der Waals surface area contributed by atoms with Gasteiger partial charge in [0.15, 0.2) is 0 Å². The highest BCUT2D eigenvalue weighted by Gasteiger charge is 2.12. The minimum absolute atomic E-state index is 0.858. The quantitative estimate of drug-likeness (QED) is 0.895. The van der Waals surface area contributed by atoms with Crippen LogP contribution >= 0.6 is 0 Å². The molecule has 1 N–H and O–H groups in total. The van der Waals surface area contributed by atoms with E-state index in [-0.39, 0.29) is 0 Å². The second kappa shape index (κ2) is 6.12. The maximum Gasteiger partial charge on any atom is 0.0575 e. The lowest BCUT2D eigenvalue weighted by molar-refractivity contribution is 0.578. The number of fused-ring (bicyclic) bond motifs is 1. The van der Waals surface area contributed by atoms with Gasteiger partial charge >= 0.3 is 0 Å². The number of aromatic nitrogens is 2. The van der Waals surface area contributed by atoms with E-state index < -0.39 is 0 Å². The van der Waals surface area contributed by atoms with Crippen molar-refractivity contribution in [2.24, 2.45) is 0 Å². The summed E-state index contributed by atoms with van der Waals surface area (Å²) in [6.45, 7) is 4.04. The average molecular weight is 269 g/mol. The van der Waals surface area contributed by atoms with E-state index in [0.717, 1.165) is 19.5 Å². The zero-order valence-electron chi connectivity index (χ0n) is 12.2. The van der Waals surface area contributed by atoms with Crippen LogP contribution < -0.4 is 5.32 Å². The van der Waals surface area contributed by atoms with Crippen LogP contribution in [0.3, 0.4) is 0 Å². The van der Waals surface area contributed by atoms with Crippen LogP contribution in [0, 0.1) is 0 Å². The molecule has 0 saturated carbocycles. The van der Waals surface area contributed by atoms with Gasteiger partial charge < -0.3 is 5.32 Å². The van der Waals surface area contributed by atoms with Gasteiger partial charge in [-0.3, -0.25) is 4.68 Å². The molecule has 1 heterocycles. The number of nitrogens with one attached hydrogen (secondary N) is 1. The van der Waals surface area contributed by atoms with E-state index in [4.69, 9.17) is 0 Å². The van der Waals surface area contributed by atoms with Crippen LogP contribution in [-0.4, -0.2) is 9.78 Å². The van der Waals surface area contributed by atoms with E-state index in [2.05, 4.69) is 46.3 Å². The van der Waals surface area contributed by atoms with E-state index in [9.17, 15) is 0 Å². The van der Waals surface area contributed by atoms with Crippen molar-refractivity contribution in [3.8, 4) is 0 Å². The summed E-state index contributed by atoms with van der Waals surface area (Å²) in [6.07, 6.45) is 8.12. The van der Waals surface area contributed by atoms with Gasteiger partial charge in [0.2, 0.25) is 0 Å². The van der Waals surface area contributed by atoms with Crippen molar-refractivity contribution in [2.75, 3.05) is 5.32 Å². The summed E-state index contributed by atoms with van der Waals surface area (Å²) in [5.74, 6) is 0. The highest BCUT2D eigenvalue weighted by atomic mass is 15.3. The van der Waals surface area contributed by atoms with Crippen LogP contribution in [0.2, 0.25) is 0 Å². The highest BCUT2D eigenvalue weighted by Crippen LogP contribution is 2.28. The molecule has 0 aliphatic heterocycles. The second-order valence-electron chi connectivity index (χ2n) is 5.55. The van der Waals surface area contributed by atoms with Gasteiger partial charge in [0.25, 0.3) is 0 Å². The van der Waals surface area contributed by atoms with E-state index in [1.165, 1.54) is 48.2 Å². The van der Waals surface area contributed by atoms with Crippen LogP contribution in [-0.2, 0) is 25.9 Å². The lowest BCUT2D eigenvalue weighted by Crippen LogP contribution is -2.11. The van der Waals surface area contributed by atoms with E-state index >= 15 is 0 Å².